The van der Waals surface area contributed by atoms with E-state index in [1.165, 1.54) is 19.3 Å². The predicted molar refractivity (Wildman–Crippen MR) is 98.4 cm³/mol. The van der Waals surface area contributed by atoms with Gasteiger partial charge in [0.2, 0.25) is 11.8 Å². The molecule has 5 nitrogen and oxygen atoms in total. The van der Waals surface area contributed by atoms with Gasteiger partial charge in [-0.05, 0) is 67.9 Å². The predicted octanol–water partition coefficient (Wildman–Crippen LogP) is 2.42. The van der Waals surface area contributed by atoms with E-state index in [0.29, 0.717) is 29.9 Å². The number of para-hydroxylation sites is 1. The van der Waals surface area contributed by atoms with Crippen LogP contribution in [0.3, 0.4) is 0 Å². The Labute approximate surface area is 154 Å². The van der Waals surface area contributed by atoms with E-state index in [4.69, 9.17) is 10.5 Å². The van der Waals surface area contributed by atoms with Gasteiger partial charge in [-0.2, -0.15) is 0 Å². The van der Waals surface area contributed by atoms with Gasteiger partial charge in [0.1, 0.15) is 11.8 Å². The number of benzene rings is 1. The molecule has 0 aromatic heterocycles. The van der Waals surface area contributed by atoms with Gasteiger partial charge in [-0.25, -0.2) is 0 Å². The highest BCUT2D eigenvalue weighted by Crippen LogP contribution is 2.60. The highest BCUT2D eigenvalue weighted by atomic mass is 16.5. The van der Waals surface area contributed by atoms with E-state index in [9.17, 15) is 9.59 Å². The van der Waals surface area contributed by atoms with Crippen LogP contribution >= 0.6 is 0 Å². The quantitative estimate of drug-likeness (QED) is 0.821. The Hall–Kier alpha value is -2.04. The number of ether oxygens (including phenoxy) is 1. The molecule has 1 aromatic carbocycles. The molecule has 3 N–H and O–H groups in total. The zero-order valence-electron chi connectivity index (χ0n) is 15.4. The maximum Gasteiger partial charge on any atom is 0.240 e. The molecule has 0 heterocycles. The first-order valence-electron chi connectivity index (χ1n) is 9.71. The lowest BCUT2D eigenvalue weighted by Gasteiger charge is -2.55. The Morgan fingerprint density at radius 1 is 1.15 bits per heavy atom. The summed E-state index contributed by atoms with van der Waals surface area (Å²) in [4.78, 5) is 25.2. The molecule has 5 heteroatoms. The molecule has 2 amide bonds. The lowest BCUT2D eigenvalue weighted by atomic mass is 9.49. The number of hydrogen-bond acceptors (Lipinski definition) is 3. The molecule has 0 radical (unpaired) electrons. The Morgan fingerprint density at radius 2 is 1.73 bits per heavy atom. The third-order valence-electron chi connectivity index (χ3n) is 6.79. The molecular weight excluding hydrogens is 328 g/mol. The Kier molecular flexibility index (Phi) is 4.41. The third-order valence-corrected chi connectivity index (χ3v) is 6.79. The van der Waals surface area contributed by atoms with Crippen LogP contribution in [0.4, 0.5) is 0 Å². The first kappa shape index (κ1) is 17.4. The Bertz CT molecular complexity index is 680. The molecule has 0 saturated heterocycles. The van der Waals surface area contributed by atoms with Crippen molar-refractivity contribution in [1.29, 1.82) is 0 Å². The second kappa shape index (κ2) is 6.60. The van der Waals surface area contributed by atoms with Gasteiger partial charge in [0.25, 0.3) is 0 Å². The molecule has 4 aliphatic carbocycles. The fourth-order valence-electron chi connectivity index (χ4n) is 6.01. The summed E-state index contributed by atoms with van der Waals surface area (Å²) in [6, 6.07) is 6.85. The van der Waals surface area contributed by atoms with Crippen molar-refractivity contribution in [3.8, 4) is 5.75 Å². The molecular formula is C21H28N2O3. The van der Waals surface area contributed by atoms with Gasteiger partial charge in [0.15, 0.2) is 0 Å². The summed E-state index contributed by atoms with van der Waals surface area (Å²) < 4.78 is 5.37. The lowest BCUT2D eigenvalue weighted by molar-refractivity contribution is -0.148. The zero-order valence-corrected chi connectivity index (χ0v) is 15.4. The van der Waals surface area contributed by atoms with E-state index >= 15 is 0 Å². The minimum atomic E-state index is -0.702. The summed E-state index contributed by atoms with van der Waals surface area (Å²) in [6.07, 6.45) is 7.14. The van der Waals surface area contributed by atoms with Gasteiger partial charge in [-0.3, -0.25) is 9.59 Å². The average Bonchev–Trinajstić information content (AvgIpc) is 2.60. The van der Waals surface area contributed by atoms with Crippen molar-refractivity contribution in [3.63, 3.8) is 0 Å². The highest BCUT2D eigenvalue weighted by Gasteiger charge is 2.54. The summed E-state index contributed by atoms with van der Waals surface area (Å²) in [5.74, 6) is 2.32. The van der Waals surface area contributed by atoms with Crippen LogP contribution in [0.2, 0.25) is 0 Å². The standard InChI is InChI=1S/C21H28N2O3/c1-26-18-5-3-2-4-16(18)9-17(19(22)24)23-20(25)21-10-13-6-14(11-21)8-15(7-13)12-21/h2-5,13-15,17H,6-12H2,1H3,(H2,22,24)(H,23,25)/t13?,14?,15?,17-,21?/m0/s1. The number of nitrogens with one attached hydrogen (secondary N) is 1. The summed E-state index contributed by atoms with van der Waals surface area (Å²) in [5, 5.41) is 3.00. The van der Waals surface area contributed by atoms with Crippen LogP contribution in [0.5, 0.6) is 5.75 Å². The molecule has 0 aliphatic heterocycles. The highest BCUT2D eigenvalue weighted by molar-refractivity contribution is 5.90. The fourth-order valence-corrected chi connectivity index (χ4v) is 6.01. The van der Waals surface area contributed by atoms with Crippen molar-refractivity contribution >= 4 is 11.8 Å². The van der Waals surface area contributed by atoms with Crippen LogP contribution in [0.1, 0.15) is 44.1 Å². The number of carbonyl (C=O) groups excluding carboxylic acids is 2. The zero-order chi connectivity index (χ0) is 18.3. The van der Waals surface area contributed by atoms with Crippen molar-refractivity contribution in [2.75, 3.05) is 7.11 Å². The van der Waals surface area contributed by atoms with Crippen molar-refractivity contribution in [2.45, 2.75) is 51.0 Å². The molecule has 0 unspecified atom stereocenters. The first-order valence-corrected chi connectivity index (χ1v) is 9.71. The van der Waals surface area contributed by atoms with E-state index in [-0.39, 0.29) is 11.3 Å². The fraction of sp³-hybridized carbons (Fsp3) is 0.619. The lowest BCUT2D eigenvalue weighted by Crippen LogP contribution is -2.57. The maximum absolute atomic E-state index is 13.2. The van der Waals surface area contributed by atoms with Gasteiger partial charge >= 0.3 is 0 Å². The van der Waals surface area contributed by atoms with Crippen LogP contribution in [-0.2, 0) is 16.0 Å². The van der Waals surface area contributed by atoms with Crippen molar-refractivity contribution in [2.24, 2.45) is 28.9 Å². The molecule has 4 saturated carbocycles. The number of amides is 2. The third kappa shape index (κ3) is 3.08. The van der Waals surface area contributed by atoms with Crippen molar-refractivity contribution in [1.82, 2.24) is 5.32 Å². The molecule has 4 bridgehead atoms. The van der Waals surface area contributed by atoms with Gasteiger partial charge in [-0.1, -0.05) is 18.2 Å². The minimum Gasteiger partial charge on any atom is -0.496 e. The topological polar surface area (TPSA) is 81.4 Å². The molecule has 0 spiro atoms. The number of primary amides is 1. The molecule has 4 fully saturated rings. The normalized spacial score (nSPS) is 32.9. The van der Waals surface area contributed by atoms with E-state index in [1.54, 1.807) is 7.11 Å². The van der Waals surface area contributed by atoms with Crippen LogP contribution in [0, 0.1) is 23.2 Å². The molecule has 4 aliphatic rings. The van der Waals surface area contributed by atoms with E-state index in [0.717, 1.165) is 24.8 Å². The van der Waals surface area contributed by atoms with Gasteiger partial charge in [0, 0.05) is 11.8 Å². The van der Waals surface area contributed by atoms with Crippen molar-refractivity contribution in [3.05, 3.63) is 29.8 Å². The number of rotatable bonds is 6. The Morgan fingerprint density at radius 3 is 2.27 bits per heavy atom. The minimum absolute atomic E-state index is 0.0373. The summed E-state index contributed by atoms with van der Waals surface area (Å²) in [7, 11) is 1.60. The number of methoxy groups -OCH3 is 1. The molecule has 140 valence electrons. The van der Waals surface area contributed by atoms with E-state index < -0.39 is 11.9 Å². The number of carbonyl (C=O) groups is 2. The number of hydrogen-bond donors (Lipinski definition) is 2. The second-order valence-corrected chi connectivity index (χ2v) is 8.64. The second-order valence-electron chi connectivity index (χ2n) is 8.64. The molecule has 1 atom stereocenters. The van der Waals surface area contributed by atoms with Crippen LogP contribution < -0.4 is 15.8 Å². The summed E-state index contributed by atoms with van der Waals surface area (Å²) in [6.45, 7) is 0. The van der Waals surface area contributed by atoms with Gasteiger partial charge in [0.05, 0.1) is 7.11 Å². The van der Waals surface area contributed by atoms with Gasteiger partial charge in [-0.15, -0.1) is 0 Å². The first-order chi connectivity index (χ1) is 12.5. The van der Waals surface area contributed by atoms with Crippen LogP contribution in [0.25, 0.3) is 0 Å². The van der Waals surface area contributed by atoms with Crippen LogP contribution in [-0.4, -0.2) is 25.0 Å². The van der Waals surface area contributed by atoms with E-state index in [2.05, 4.69) is 5.32 Å². The van der Waals surface area contributed by atoms with Gasteiger partial charge < -0.3 is 15.8 Å². The SMILES string of the molecule is COc1ccccc1C[C@H](NC(=O)C12CC3CC(CC(C3)C1)C2)C(N)=O. The maximum atomic E-state index is 13.2. The summed E-state index contributed by atoms with van der Waals surface area (Å²) >= 11 is 0. The number of nitrogens with two attached hydrogens (primary N) is 1. The Balaban J connectivity index is 1.50. The van der Waals surface area contributed by atoms with Crippen LogP contribution in [0.15, 0.2) is 24.3 Å². The molecule has 26 heavy (non-hydrogen) atoms. The largest absolute Gasteiger partial charge is 0.496 e. The summed E-state index contributed by atoms with van der Waals surface area (Å²) in [5.41, 5.74) is 6.23. The van der Waals surface area contributed by atoms with E-state index in [1.807, 2.05) is 24.3 Å². The molecule has 5 rings (SSSR count). The monoisotopic (exact) mass is 356 g/mol. The average molecular weight is 356 g/mol. The van der Waals surface area contributed by atoms with Crippen molar-refractivity contribution < 1.29 is 14.3 Å². The molecule has 1 aromatic rings. The smallest absolute Gasteiger partial charge is 0.240 e.